The molecule has 0 aliphatic heterocycles. The van der Waals surface area contributed by atoms with E-state index < -0.39 is 37.5 Å². The molecule has 20 heteroatoms. The molecule has 0 fully saturated rings. The van der Waals surface area contributed by atoms with Crippen molar-refractivity contribution in [1.82, 2.24) is 0 Å². The highest BCUT2D eigenvalue weighted by atomic mass is 32.2. The van der Waals surface area contributed by atoms with E-state index in [-0.39, 0.29) is 52.7 Å². The Hall–Kier alpha value is -7.88. The fourth-order valence-electron chi connectivity index (χ4n) is 7.17. The van der Waals surface area contributed by atoms with Crippen LogP contribution in [0.3, 0.4) is 0 Å². The van der Waals surface area contributed by atoms with E-state index in [1.54, 1.807) is 67.8 Å². The maximum Gasteiger partial charge on any atom is 0.294 e. The molecule has 0 aromatic heterocycles. The Balaban J connectivity index is 1.04. The number of nitrogens with one attached hydrogen (secondary N) is 1. The van der Waals surface area contributed by atoms with Gasteiger partial charge in [-0.3, -0.25) is 9.11 Å². The Morgan fingerprint density at radius 3 is 1.94 bits per heavy atom. The molecule has 8 aromatic carbocycles. The number of rotatable bonds is 17. The smallest absolute Gasteiger partial charge is 0.294 e. The van der Waals surface area contributed by atoms with E-state index in [0.29, 0.717) is 33.5 Å². The topological polar surface area (TPSA) is 263 Å². The average Bonchev–Trinajstić information content (AvgIpc) is 3.33. The van der Waals surface area contributed by atoms with Crippen LogP contribution in [0.5, 0.6) is 23.0 Å². The van der Waals surface area contributed by atoms with Crippen molar-refractivity contribution in [2.75, 3.05) is 31.9 Å². The summed E-state index contributed by atoms with van der Waals surface area (Å²) in [6, 6.07) is 37.1. The Bertz CT molecular complexity index is 3530. The number of hydrogen-bond donors (Lipinski definition) is 5. The minimum atomic E-state index is -4.63. The monoisotopic (exact) mass is 955 g/mol. The van der Waals surface area contributed by atoms with Gasteiger partial charge in [0.05, 0.1) is 60.8 Å². The molecule has 68 heavy (non-hydrogen) atoms. The van der Waals surface area contributed by atoms with E-state index in [1.165, 1.54) is 37.4 Å². The van der Waals surface area contributed by atoms with Gasteiger partial charge < -0.3 is 29.7 Å². The van der Waals surface area contributed by atoms with Crippen molar-refractivity contribution in [1.29, 1.82) is 0 Å². The van der Waals surface area contributed by atoms with Crippen LogP contribution in [-0.4, -0.2) is 62.7 Å². The normalized spacial score (nSPS) is 12.2. The van der Waals surface area contributed by atoms with Crippen LogP contribution < -0.4 is 19.5 Å². The highest BCUT2D eigenvalue weighted by molar-refractivity contribution is 7.86. The molecular weight excluding hydrogens is 915 g/mol. The van der Waals surface area contributed by atoms with Gasteiger partial charge in [-0.25, -0.2) is 0 Å². The average molecular weight is 956 g/mol. The second-order valence-electron chi connectivity index (χ2n) is 15.1. The Morgan fingerprint density at radius 2 is 1.22 bits per heavy atom. The quantitative estimate of drug-likeness (QED) is 0.0324. The lowest BCUT2D eigenvalue weighted by Crippen LogP contribution is -2.08. The number of fused-ring (bicyclic) bond motifs is 3. The van der Waals surface area contributed by atoms with Crippen molar-refractivity contribution in [2.45, 2.75) is 17.9 Å². The third-order valence-electron chi connectivity index (χ3n) is 10.6. The molecule has 8 rings (SSSR count). The molecule has 0 spiro atoms. The van der Waals surface area contributed by atoms with Gasteiger partial charge in [-0.05, 0) is 120 Å². The van der Waals surface area contributed by atoms with Crippen LogP contribution in [0.1, 0.15) is 12.0 Å². The number of ether oxygens (including phenoxy) is 3. The summed E-state index contributed by atoms with van der Waals surface area (Å²) in [4.78, 5) is -0.392. The van der Waals surface area contributed by atoms with Crippen molar-refractivity contribution < 1.29 is 50.4 Å². The first-order chi connectivity index (χ1) is 32.7. The number of phenolic OH excluding ortho intramolecular Hbond substituents is 1. The second kappa shape index (κ2) is 19.9. The zero-order valence-electron chi connectivity index (χ0n) is 36.2. The Morgan fingerprint density at radius 1 is 0.559 bits per heavy atom. The van der Waals surface area contributed by atoms with Crippen molar-refractivity contribution >= 4 is 98.1 Å². The molecule has 0 unspecified atom stereocenters. The first kappa shape index (κ1) is 46.6. The summed E-state index contributed by atoms with van der Waals surface area (Å²) in [5.41, 5.74) is 3.64. The minimum Gasteiger partial charge on any atom is -0.505 e. The summed E-state index contributed by atoms with van der Waals surface area (Å²) in [6.07, 6.45) is 0.117. The maximum atomic E-state index is 12.2. The van der Waals surface area contributed by atoms with E-state index in [0.717, 1.165) is 33.3 Å². The fourth-order valence-corrected chi connectivity index (χ4v) is 8.16. The van der Waals surface area contributed by atoms with Crippen molar-refractivity contribution in [3.8, 4) is 23.0 Å². The zero-order chi connectivity index (χ0) is 48.0. The summed E-state index contributed by atoms with van der Waals surface area (Å²) < 4.78 is 82.1. The maximum absolute atomic E-state index is 12.2. The fraction of sp³-hybridized carbons (Fsp3) is 0.125. The third kappa shape index (κ3) is 10.9. The molecule has 0 heterocycles. The molecule has 0 saturated carbocycles. The first-order valence-electron chi connectivity index (χ1n) is 20.6. The van der Waals surface area contributed by atoms with Crippen LogP contribution in [0.4, 0.5) is 45.5 Å². The third-order valence-corrected chi connectivity index (χ3v) is 12.2. The lowest BCUT2D eigenvalue weighted by Gasteiger charge is -2.10. The summed E-state index contributed by atoms with van der Waals surface area (Å²) in [5.74, 6) is 0.979. The number of aromatic hydroxyl groups is 1. The van der Waals surface area contributed by atoms with Crippen LogP contribution >= 0.6 is 0 Å². The molecule has 0 aliphatic rings. The number of methoxy groups -OCH3 is 2. The van der Waals surface area contributed by atoms with Gasteiger partial charge in [0.25, 0.3) is 20.2 Å². The molecule has 0 aliphatic carbocycles. The number of aliphatic hydroxyl groups is 1. The molecule has 0 radical (unpaired) electrons. The minimum absolute atomic E-state index is 0.0870. The van der Waals surface area contributed by atoms with E-state index in [4.69, 9.17) is 18.8 Å². The van der Waals surface area contributed by atoms with E-state index in [9.17, 15) is 31.6 Å². The van der Waals surface area contributed by atoms with Gasteiger partial charge in [-0.15, -0.1) is 20.5 Å². The van der Waals surface area contributed by atoms with Crippen molar-refractivity contribution in [2.24, 2.45) is 30.7 Å². The van der Waals surface area contributed by atoms with Crippen molar-refractivity contribution in [3.05, 3.63) is 139 Å². The summed E-state index contributed by atoms with van der Waals surface area (Å²) in [6.45, 7) is -0.350. The van der Waals surface area contributed by atoms with Gasteiger partial charge in [-0.2, -0.15) is 27.1 Å². The molecule has 0 amide bonds. The number of nitrogens with zero attached hydrogens (tertiary/aromatic N) is 6. The standard InChI is InChI=1S/C48H41N7O11S2/c1-64-35-12-8-32(9-13-35)49-33-10-16-38-30(23-33)7-18-43(48(38)57)53-52-42-20-19-41(39-17-14-36(26-40(39)42)68(61,62)63)51-55-45-25-31(28-56)44(27-47(45)65-2)54-50-34-11-15-37-29(24-34)5-3-6-46(37)66-21-4-22-67(58,59)60/h3,5-20,23-27,49,56-57H,4,21-22,28H2,1-2H3,(H,58,59,60)(H,61,62,63). The molecular formula is C48H41N7O11S2. The number of azo groups is 3. The summed E-state index contributed by atoms with van der Waals surface area (Å²) in [7, 11) is -5.69. The van der Waals surface area contributed by atoms with Crippen LogP contribution in [-0.2, 0) is 26.8 Å². The summed E-state index contributed by atoms with van der Waals surface area (Å²) >= 11 is 0. The van der Waals surface area contributed by atoms with E-state index in [2.05, 4.69) is 36.0 Å². The predicted molar refractivity (Wildman–Crippen MR) is 258 cm³/mol. The van der Waals surface area contributed by atoms with Gasteiger partial charge >= 0.3 is 0 Å². The SMILES string of the molecule is COc1ccc(Nc2ccc3c(O)c(N=Nc4ccc(N=Nc5cc(CO)c(N=Nc6ccc7c(OCCCS(=O)(=O)O)cccc7c6)cc5OC)c5ccc(S(=O)(=O)O)cc45)ccc3c2)cc1. The number of anilines is 2. The largest absolute Gasteiger partial charge is 0.505 e. The zero-order valence-corrected chi connectivity index (χ0v) is 37.8. The Labute approximate surface area is 389 Å². The van der Waals surface area contributed by atoms with E-state index in [1.807, 2.05) is 42.5 Å². The van der Waals surface area contributed by atoms with Gasteiger partial charge in [0, 0.05) is 44.5 Å². The number of aliphatic hydroxyl groups excluding tert-OH is 1. The molecule has 8 aromatic rings. The number of phenols is 1. The molecule has 0 saturated heterocycles. The molecule has 0 bridgehead atoms. The summed E-state index contributed by atoms with van der Waals surface area (Å²) in [5, 5.41) is 54.7. The van der Waals surface area contributed by atoms with Crippen LogP contribution in [0.25, 0.3) is 32.3 Å². The first-order valence-corrected chi connectivity index (χ1v) is 23.6. The molecule has 346 valence electrons. The lowest BCUT2D eigenvalue weighted by molar-refractivity contribution is 0.282. The van der Waals surface area contributed by atoms with E-state index >= 15 is 0 Å². The van der Waals surface area contributed by atoms with Crippen LogP contribution in [0.15, 0.2) is 169 Å². The van der Waals surface area contributed by atoms with Gasteiger partial charge in [0.2, 0.25) is 0 Å². The lowest BCUT2D eigenvalue weighted by atomic mass is 10.1. The number of benzene rings is 8. The second-order valence-corrected chi connectivity index (χ2v) is 18.1. The van der Waals surface area contributed by atoms with Gasteiger partial charge in [-0.1, -0.05) is 24.3 Å². The Kier molecular flexibility index (Phi) is 13.7. The number of hydrogen-bond acceptors (Lipinski definition) is 16. The predicted octanol–water partition coefficient (Wildman–Crippen LogP) is 12.3. The van der Waals surface area contributed by atoms with Crippen LogP contribution in [0.2, 0.25) is 0 Å². The highest BCUT2D eigenvalue weighted by Gasteiger charge is 2.16. The van der Waals surface area contributed by atoms with Gasteiger partial charge in [0.1, 0.15) is 28.6 Å². The van der Waals surface area contributed by atoms with Crippen LogP contribution in [0, 0.1) is 0 Å². The van der Waals surface area contributed by atoms with Gasteiger partial charge in [0.15, 0.2) is 5.75 Å². The van der Waals surface area contributed by atoms with Crippen molar-refractivity contribution in [3.63, 3.8) is 0 Å². The molecule has 18 nitrogen and oxygen atoms in total. The molecule has 0 atom stereocenters. The molecule has 5 N–H and O–H groups in total. The highest BCUT2D eigenvalue weighted by Crippen LogP contribution is 2.42.